The fraction of sp³-hybridized carbons (Fsp3) is 0.357. The van der Waals surface area contributed by atoms with Crippen LogP contribution in [-0.4, -0.2) is 26.9 Å². The monoisotopic (exact) mass is 247 g/mol. The van der Waals surface area contributed by atoms with E-state index >= 15 is 0 Å². The number of benzene rings is 1. The van der Waals surface area contributed by atoms with Gasteiger partial charge >= 0.3 is 5.97 Å². The van der Waals surface area contributed by atoms with Crippen molar-refractivity contribution >= 4 is 16.9 Å². The second-order valence-corrected chi connectivity index (χ2v) is 4.59. The van der Waals surface area contributed by atoms with Gasteiger partial charge in [0.25, 0.3) is 0 Å². The summed E-state index contributed by atoms with van der Waals surface area (Å²) in [6.45, 7) is 4.34. The van der Waals surface area contributed by atoms with Crippen LogP contribution < -0.4 is 0 Å². The van der Waals surface area contributed by atoms with Crippen molar-refractivity contribution in [3.05, 3.63) is 35.5 Å². The van der Waals surface area contributed by atoms with E-state index in [0.717, 1.165) is 16.6 Å². The molecule has 4 heteroatoms. The van der Waals surface area contributed by atoms with Gasteiger partial charge in [0.15, 0.2) is 0 Å². The minimum atomic E-state index is -0.978. The third kappa shape index (κ3) is 2.24. The Labute approximate surface area is 105 Å². The smallest absolute Gasteiger partial charge is 0.306 e. The summed E-state index contributed by atoms with van der Waals surface area (Å²) in [4.78, 5) is 10.6. The molecule has 0 saturated carbocycles. The largest absolute Gasteiger partial charge is 0.481 e. The number of carboxylic acids is 1. The van der Waals surface area contributed by atoms with Crippen molar-refractivity contribution in [1.29, 1.82) is 0 Å². The Hall–Kier alpha value is -1.81. The molecule has 0 radical (unpaired) electrons. The van der Waals surface area contributed by atoms with Gasteiger partial charge in [0.1, 0.15) is 0 Å². The molecule has 18 heavy (non-hydrogen) atoms. The van der Waals surface area contributed by atoms with Crippen LogP contribution in [0.25, 0.3) is 10.9 Å². The van der Waals surface area contributed by atoms with Crippen molar-refractivity contribution in [2.75, 3.05) is 0 Å². The Bertz CT molecular complexity index is 586. The average Bonchev–Trinajstić information content (AvgIpc) is 2.54. The number of hydrogen-bond acceptors (Lipinski definition) is 2. The van der Waals surface area contributed by atoms with E-state index in [9.17, 15) is 9.90 Å². The van der Waals surface area contributed by atoms with E-state index < -0.39 is 12.1 Å². The van der Waals surface area contributed by atoms with Crippen LogP contribution in [0.15, 0.2) is 24.3 Å². The van der Waals surface area contributed by atoms with Crippen molar-refractivity contribution < 1.29 is 15.0 Å². The Morgan fingerprint density at radius 1 is 1.33 bits per heavy atom. The molecule has 2 rings (SSSR count). The van der Waals surface area contributed by atoms with Gasteiger partial charge in [-0.25, -0.2) is 0 Å². The van der Waals surface area contributed by atoms with Crippen LogP contribution in [0.3, 0.4) is 0 Å². The van der Waals surface area contributed by atoms with E-state index in [1.54, 1.807) is 0 Å². The Balaban J connectivity index is 2.38. The number of aliphatic hydroxyl groups excluding tert-OH is 1. The summed E-state index contributed by atoms with van der Waals surface area (Å²) in [5.41, 5.74) is 3.28. The van der Waals surface area contributed by atoms with Crippen molar-refractivity contribution in [2.24, 2.45) is 0 Å². The van der Waals surface area contributed by atoms with Gasteiger partial charge in [-0.05, 0) is 25.5 Å². The Kier molecular flexibility index (Phi) is 3.39. The van der Waals surface area contributed by atoms with Crippen molar-refractivity contribution in [1.82, 2.24) is 4.57 Å². The number of para-hydroxylation sites is 1. The second-order valence-electron chi connectivity index (χ2n) is 4.59. The Morgan fingerprint density at radius 3 is 2.67 bits per heavy atom. The van der Waals surface area contributed by atoms with Crippen LogP contribution in [0.4, 0.5) is 0 Å². The van der Waals surface area contributed by atoms with Crippen LogP contribution in [0.5, 0.6) is 0 Å². The molecule has 1 atom stereocenters. The molecule has 0 aliphatic rings. The number of aliphatic hydroxyl groups is 1. The lowest BCUT2D eigenvalue weighted by Crippen LogP contribution is -2.20. The molecule has 0 saturated heterocycles. The number of hydrogen-bond donors (Lipinski definition) is 2. The highest BCUT2D eigenvalue weighted by molar-refractivity contribution is 5.85. The number of fused-ring (bicyclic) bond motifs is 1. The molecule has 1 aromatic carbocycles. The summed E-state index contributed by atoms with van der Waals surface area (Å²) in [5, 5.41) is 19.6. The first-order chi connectivity index (χ1) is 8.50. The van der Waals surface area contributed by atoms with Gasteiger partial charge in [-0.3, -0.25) is 4.79 Å². The highest BCUT2D eigenvalue weighted by Crippen LogP contribution is 2.25. The quantitative estimate of drug-likeness (QED) is 0.869. The van der Waals surface area contributed by atoms with E-state index in [1.165, 1.54) is 5.56 Å². The molecule has 0 spiro atoms. The molecule has 1 aromatic heterocycles. The molecular formula is C14H17NO3. The number of aryl methyl sites for hydroxylation is 1. The van der Waals surface area contributed by atoms with Crippen LogP contribution in [-0.2, 0) is 11.3 Å². The molecule has 2 N–H and O–H groups in total. The van der Waals surface area contributed by atoms with Gasteiger partial charge in [0, 0.05) is 23.1 Å². The lowest BCUT2D eigenvalue weighted by Gasteiger charge is -2.12. The van der Waals surface area contributed by atoms with Gasteiger partial charge in [-0.15, -0.1) is 0 Å². The summed E-state index contributed by atoms with van der Waals surface area (Å²) in [6, 6.07) is 7.95. The van der Waals surface area contributed by atoms with Crippen molar-refractivity contribution in [2.45, 2.75) is 32.9 Å². The first-order valence-electron chi connectivity index (χ1n) is 5.95. The van der Waals surface area contributed by atoms with E-state index in [4.69, 9.17) is 5.11 Å². The van der Waals surface area contributed by atoms with E-state index in [1.807, 2.05) is 42.7 Å². The molecule has 0 aliphatic heterocycles. The zero-order chi connectivity index (χ0) is 13.3. The van der Waals surface area contributed by atoms with Crippen molar-refractivity contribution in [3.63, 3.8) is 0 Å². The predicted molar refractivity (Wildman–Crippen MR) is 69.7 cm³/mol. The second kappa shape index (κ2) is 4.82. The molecule has 0 amide bonds. The minimum Gasteiger partial charge on any atom is -0.481 e. The van der Waals surface area contributed by atoms with E-state index in [-0.39, 0.29) is 6.42 Å². The van der Waals surface area contributed by atoms with Crippen LogP contribution in [0.2, 0.25) is 0 Å². The van der Waals surface area contributed by atoms with Gasteiger partial charge in [0.2, 0.25) is 0 Å². The zero-order valence-corrected chi connectivity index (χ0v) is 10.6. The lowest BCUT2D eigenvalue weighted by molar-refractivity contribution is -0.139. The third-order valence-corrected chi connectivity index (χ3v) is 3.35. The molecular weight excluding hydrogens is 230 g/mol. The summed E-state index contributed by atoms with van der Waals surface area (Å²) in [7, 11) is 0. The normalized spacial score (nSPS) is 12.8. The molecule has 0 aliphatic carbocycles. The standard InChI is InChI=1S/C14H17NO3/c1-9-10(2)15(8-11(16)7-14(17)18)13-6-4-3-5-12(9)13/h3-6,11,16H,7-8H2,1-2H3,(H,17,18)/t11-/m0/s1. The maximum Gasteiger partial charge on any atom is 0.306 e. The summed E-state index contributed by atoms with van der Waals surface area (Å²) >= 11 is 0. The average molecular weight is 247 g/mol. The third-order valence-electron chi connectivity index (χ3n) is 3.35. The molecule has 0 bridgehead atoms. The number of carboxylic acid groups (broad SMARTS) is 1. The van der Waals surface area contributed by atoms with Crippen LogP contribution in [0, 0.1) is 13.8 Å². The highest BCUT2D eigenvalue weighted by atomic mass is 16.4. The SMILES string of the molecule is Cc1c(C)n(C[C@@H](O)CC(=O)O)c2ccccc12. The van der Waals surface area contributed by atoms with Crippen LogP contribution in [0.1, 0.15) is 17.7 Å². The van der Waals surface area contributed by atoms with Gasteiger partial charge in [-0.2, -0.15) is 0 Å². The maximum atomic E-state index is 10.6. The van der Waals surface area contributed by atoms with Gasteiger partial charge in [0.05, 0.1) is 12.5 Å². The van der Waals surface area contributed by atoms with Crippen LogP contribution >= 0.6 is 0 Å². The first kappa shape index (κ1) is 12.6. The molecule has 0 fully saturated rings. The molecule has 96 valence electrons. The number of aromatic nitrogens is 1. The fourth-order valence-electron chi connectivity index (χ4n) is 2.32. The fourth-order valence-corrected chi connectivity index (χ4v) is 2.32. The van der Waals surface area contributed by atoms with Crippen molar-refractivity contribution in [3.8, 4) is 0 Å². The maximum absolute atomic E-state index is 10.6. The lowest BCUT2D eigenvalue weighted by atomic mass is 10.2. The molecule has 2 aromatic rings. The summed E-state index contributed by atoms with van der Waals surface area (Å²) in [6.07, 6.45) is -1.10. The van der Waals surface area contributed by atoms with E-state index in [0.29, 0.717) is 6.54 Å². The van der Waals surface area contributed by atoms with Gasteiger partial charge < -0.3 is 14.8 Å². The Morgan fingerprint density at radius 2 is 2.00 bits per heavy atom. The number of carbonyl (C=O) groups is 1. The summed E-state index contributed by atoms with van der Waals surface area (Å²) < 4.78 is 1.98. The molecule has 1 heterocycles. The zero-order valence-electron chi connectivity index (χ0n) is 10.6. The topological polar surface area (TPSA) is 62.5 Å². The first-order valence-corrected chi connectivity index (χ1v) is 5.95. The number of aliphatic carboxylic acids is 1. The molecule has 4 nitrogen and oxygen atoms in total. The summed E-state index contributed by atoms with van der Waals surface area (Å²) in [5.74, 6) is -0.978. The highest BCUT2D eigenvalue weighted by Gasteiger charge is 2.15. The number of rotatable bonds is 4. The minimum absolute atomic E-state index is 0.231. The van der Waals surface area contributed by atoms with Gasteiger partial charge in [-0.1, -0.05) is 18.2 Å². The number of nitrogens with zero attached hydrogens (tertiary/aromatic N) is 1. The van der Waals surface area contributed by atoms with E-state index in [2.05, 4.69) is 0 Å². The predicted octanol–water partition coefficient (Wildman–Crippen LogP) is 2.09. The molecule has 0 unspecified atom stereocenters.